The van der Waals surface area contributed by atoms with Gasteiger partial charge in [0.05, 0.1) is 18.2 Å². The van der Waals surface area contributed by atoms with Gasteiger partial charge < -0.3 is 14.7 Å². The number of hydrogen-bond acceptors (Lipinski definition) is 5. The van der Waals surface area contributed by atoms with Crippen molar-refractivity contribution in [1.82, 2.24) is 20.3 Å². The van der Waals surface area contributed by atoms with Gasteiger partial charge in [0.25, 0.3) is 0 Å². The maximum Gasteiger partial charge on any atom is 0.224 e. The summed E-state index contributed by atoms with van der Waals surface area (Å²) in [5.41, 5.74) is 0.941. The molecule has 0 aliphatic carbocycles. The van der Waals surface area contributed by atoms with Crippen LogP contribution >= 0.6 is 0 Å². The van der Waals surface area contributed by atoms with Crippen LogP contribution in [-0.4, -0.2) is 59.1 Å². The largest absolute Gasteiger partial charge is 0.359 e. The lowest BCUT2D eigenvalue weighted by molar-refractivity contribution is -0.127. The minimum Gasteiger partial charge on any atom is -0.359 e. The minimum atomic E-state index is 0.0920. The van der Waals surface area contributed by atoms with E-state index in [2.05, 4.69) is 48.0 Å². The van der Waals surface area contributed by atoms with E-state index in [4.69, 9.17) is 4.52 Å². The van der Waals surface area contributed by atoms with E-state index >= 15 is 0 Å². The molecule has 0 radical (unpaired) electrons. The summed E-state index contributed by atoms with van der Waals surface area (Å²) in [5, 5.41) is 7.12. The number of amides is 1. The first-order valence-electron chi connectivity index (χ1n) is 10.6. The Labute approximate surface area is 163 Å². The van der Waals surface area contributed by atoms with Gasteiger partial charge in [0.15, 0.2) is 5.76 Å². The summed E-state index contributed by atoms with van der Waals surface area (Å²) in [6.45, 7) is 13.5. The second-order valence-corrected chi connectivity index (χ2v) is 8.79. The predicted molar refractivity (Wildman–Crippen MR) is 106 cm³/mol. The maximum absolute atomic E-state index is 12.7. The molecule has 6 nitrogen and oxygen atoms in total. The van der Waals surface area contributed by atoms with Gasteiger partial charge in [0.2, 0.25) is 5.91 Å². The first-order chi connectivity index (χ1) is 12.9. The molecular weight excluding hydrogens is 340 g/mol. The molecule has 0 saturated carbocycles. The topological polar surface area (TPSA) is 61.6 Å². The van der Waals surface area contributed by atoms with Crippen molar-refractivity contribution < 1.29 is 9.32 Å². The summed E-state index contributed by atoms with van der Waals surface area (Å²) >= 11 is 0. The molecule has 27 heavy (non-hydrogen) atoms. The molecule has 0 aromatic carbocycles. The number of aromatic nitrogens is 1. The summed E-state index contributed by atoms with van der Waals surface area (Å²) in [5.74, 6) is 1.32. The molecule has 2 aliphatic heterocycles. The maximum atomic E-state index is 12.7. The Bertz CT molecular complexity index is 605. The van der Waals surface area contributed by atoms with Crippen LogP contribution in [0, 0.1) is 5.92 Å². The molecule has 2 fully saturated rings. The highest BCUT2D eigenvalue weighted by molar-refractivity contribution is 5.78. The van der Waals surface area contributed by atoms with Crippen molar-refractivity contribution in [2.24, 2.45) is 5.92 Å². The van der Waals surface area contributed by atoms with Gasteiger partial charge in [-0.1, -0.05) is 19.0 Å². The van der Waals surface area contributed by atoms with Crippen LogP contribution in [0.1, 0.15) is 70.8 Å². The standard InChI is InChI=1S/C21H36N4O2/c1-15(2)20-12-19(27-23-20)13-22-21(26)17-6-5-9-25(14-17)18-7-10-24(11-8-18)16(3)4/h12,15-18H,5-11,13-14H2,1-4H3,(H,22,26). The third-order valence-corrected chi connectivity index (χ3v) is 6.17. The van der Waals surface area contributed by atoms with Crippen LogP contribution in [0.4, 0.5) is 0 Å². The van der Waals surface area contributed by atoms with Gasteiger partial charge >= 0.3 is 0 Å². The van der Waals surface area contributed by atoms with Crippen LogP contribution in [0.5, 0.6) is 0 Å². The number of hydrogen-bond donors (Lipinski definition) is 1. The normalized spacial score (nSPS) is 23.3. The van der Waals surface area contributed by atoms with Crippen LogP contribution in [0.15, 0.2) is 10.6 Å². The number of likely N-dealkylation sites (tertiary alicyclic amines) is 2. The van der Waals surface area contributed by atoms with Gasteiger partial charge in [-0.3, -0.25) is 9.69 Å². The monoisotopic (exact) mass is 376 g/mol. The van der Waals surface area contributed by atoms with E-state index in [-0.39, 0.29) is 11.8 Å². The van der Waals surface area contributed by atoms with Crippen LogP contribution < -0.4 is 5.32 Å². The van der Waals surface area contributed by atoms with Crippen molar-refractivity contribution in [3.05, 3.63) is 17.5 Å². The lowest BCUT2D eigenvalue weighted by Gasteiger charge is -2.43. The Morgan fingerprint density at radius 1 is 1.22 bits per heavy atom. The van der Waals surface area contributed by atoms with Crippen molar-refractivity contribution in [1.29, 1.82) is 0 Å². The fourth-order valence-corrected chi connectivity index (χ4v) is 4.32. The molecule has 1 N–H and O–H groups in total. The highest BCUT2D eigenvalue weighted by Gasteiger charge is 2.32. The van der Waals surface area contributed by atoms with E-state index in [1.54, 1.807) is 0 Å². The minimum absolute atomic E-state index is 0.0920. The number of piperidine rings is 2. The van der Waals surface area contributed by atoms with E-state index < -0.39 is 0 Å². The Hall–Kier alpha value is -1.40. The van der Waals surface area contributed by atoms with Crippen molar-refractivity contribution >= 4 is 5.91 Å². The summed E-state index contributed by atoms with van der Waals surface area (Å²) in [6.07, 6.45) is 4.55. The average Bonchev–Trinajstić information content (AvgIpc) is 3.16. The first kappa shape index (κ1) is 20.3. The van der Waals surface area contributed by atoms with Crippen molar-refractivity contribution in [3.63, 3.8) is 0 Å². The van der Waals surface area contributed by atoms with E-state index in [1.807, 2.05) is 6.07 Å². The quantitative estimate of drug-likeness (QED) is 0.827. The number of nitrogens with zero attached hydrogens (tertiary/aromatic N) is 3. The zero-order chi connectivity index (χ0) is 19.4. The molecule has 0 bridgehead atoms. The van der Waals surface area contributed by atoms with E-state index in [0.29, 0.717) is 24.5 Å². The van der Waals surface area contributed by atoms with Crippen LogP contribution in [0.25, 0.3) is 0 Å². The van der Waals surface area contributed by atoms with Gasteiger partial charge in [0.1, 0.15) is 0 Å². The molecule has 2 aliphatic rings. The Morgan fingerprint density at radius 2 is 1.96 bits per heavy atom. The second kappa shape index (κ2) is 9.20. The smallest absolute Gasteiger partial charge is 0.224 e. The Balaban J connectivity index is 1.46. The fourth-order valence-electron chi connectivity index (χ4n) is 4.32. The van der Waals surface area contributed by atoms with Gasteiger partial charge in [-0.05, 0) is 65.1 Å². The highest BCUT2D eigenvalue weighted by Crippen LogP contribution is 2.25. The van der Waals surface area contributed by atoms with Crippen LogP contribution in [0.3, 0.4) is 0 Å². The Morgan fingerprint density at radius 3 is 2.59 bits per heavy atom. The van der Waals surface area contributed by atoms with E-state index in [1.165, 1.54) is 25.9 Å². The van der Waals surface area contributed by atoms with Gasteiger partial charge in [-0.15, -0.1) is 0 Å². The molecule has 1 atom stereocenters. The lowest BCUT2D eigenvalue weighted by atomic mass is 9.93. The molecule has 1 amide bonds. The number of nitrogens with one attached hydrogen (secondary N) is 1. The molecule has 3 heterocycles. The third-order valence-electron chi connectivity index (χ3n) is 6.17. The summed E-state index contributed by atoms with van der Waals surface area (Å²) in [7, 11) is 0. The lowest BCUT2D eigenvalue weighted by Crippen LogP contribution is -2.51. The zero-order valence-electron chi connectivity index (χ0n) is 17.4. The average molecular weight is 377 g/mol. The van der Waals surface area contributed by atoms with E-state index in [9.17, 15) is 4.79 Å². The number of carbonyl (C=O) groups excluding carboxylic acids is 1. The molecule has 0 spiro atoms. The summed E-state index contributed by atoms with van der Waals surface area (Å²) in [4.78, 5) is 17.8. The van der Waals surface area contributed by atoms with Crippen LogP contribution in [0.2, 0.25) is 0 Å². The molecular formula is C21H36N4O2. The van der Waals surface area contributed by atoms with E-state index in [0.717, 1.165) is 37.4 Å². The SMILES string of the molecule is CC(C)c1cc(CNC(=O)C2CCCN(C3CCN(C(C)C)CC3)C2)on1. The van der Waals surface area contributed by atoms with Gasteiger partial charge in [0, 0.05) is 24.7 Å². The predicted octanol–water partition coefficient (Wildman–Crippen LogP) is 3.00. The molecule has 2 saturated heterocycles. The summed E-state index contributed by atoms with van der Waals surface area (Å²) in [6, 6.07) is 3.22. The molecule has 3 rings (SSSR count). The molecule has 6 heteroatoms. The fraction of sp³-hybridized carbons (Fsp3) is 0.810. The molecule has 1 aromatic rings. The summed E-state index contributed by atoms with van der Waals surface area (Å²) < 4.78 is 5.33. The van der Waals surface area contributed by atoms with Crippen LogP contribution in [-0.2, 0) is 11.3 Å². The van der Waals surface area contributed by atoms with Gasteiger partial charge in [-0.25, -0.2) is 0 Å². The third kappa shape index (κ3) is 5.32. The number of carbonyl (C=O) groups is 1. The molecule has 1 aromatic heterocycles. The van der Waals surface area contributed by atoms with Crippen molar-refractivity contribution in [2.75, 3.05) is 26.2 Å². The molecule has 1 unspecified atom stereocenters. The second-order valence-electron chi connectivity index (χ2n) is 8.79. The van der Waals surface area contributed by atoms with Crippen molar-refractivity contribution in [2.45, 2.75) is 77.9 Å². The number of rotatable bonds is 6. The zero-order valence-corrected chi connectivity index (χ0v) is 17.4. The van der Waals surface area contributed by atoms with Crippen molar-refractivity contribution in [3.8, 4) is 0 Å². The molecule has 152 valence electrons. The van der Waals surface area contributed by atoms with Gasteiger partial charge in [-0.2, -0.15) is 0 Å². The highest BCUT2D eigenvalue weighted by atomic mass is 16.5. The Kier molecular flexibility index (Phi) is 6.93. The first-order valence-corrected chi connectivity index (χ1v) is 10.6.